The zero-order valence-electron chi connectivity index (χ0n) is 16.7. The highest BCUT2D eigenvalue weighted by atomic mass is 79.9. The predicted molar refractivity (Wildman–Crippen MR) is 122 cm³/mol. The molecule has 1 aliphatic rings. The Morgan fingerprint density at radius 1 is 1.27 bits per heavy atom. The van der Waals surface area contributed by atoms with Gasteiger partial charge >= 0.3 is 5.97 Å². The third-order valence-corrected chi connectivity index (χ3v) is 6.51. The minimum Gasteiger partial charge on any atom is -0.466 e. The number of esters is 1. The fraction of sp³-hybridized carbons (Fsp3) is 0.318. The van der Waals surface area contributed by atoms with Gasteiger partial charge in [-0.15, -0.1) is 11.3 Å². The second-order valence-electron chi connectivity index (χ2n) is 7.14. The van der Waals surface area contributed by atoms with Crippen LogP contribution in [0.2, 0.25) is 0 Å². The maximum Gasteiger partial charge on any atom is 0.310 e. The maximum atomic E-state index is 11.6. The lowest BCUT2D eigenvalue weighted by Gasteiger charge is -2.27. The SMILES string of the molecule is CCOC(=O)Cc1ccc(Nc2ncc3c(n2)CN(Cc2ccc(Br)s2)CC3)cc1. The number of rotatable bonds is 7. The van der Waals surface area contributed by atoms with Crippen LogP contribution in [0.4, 0.5) is 11.6 Å². The van der Waals surface area contributed by atoms with E-state index in [2.05, 4.69) is 43.3 Å². The van der Waals surface area contributed by atoms with Crippen molar-refractivity contribution in [3.63, 3.8) is 0 Å². The molecule has 0 saturated heterocycles. The quantitative estimate of drug-likeness (QED) is 0.487. The molecule has 156 valence electrons. The Balaban J connectivity index is 1.39. The summed E-state index contributed by atoms with van der Waals surface area (Å²) < 4.78 is 6.16. The van der Waals surface area contributed by atoms with Gasteiger partial charge in [-0.25, -0.2) is 9.97 Å². The largest absolute Gasteiger partial charge is 0.466 e. The van der Waals surface area contributed by atoms with E-state index in [1.54, 1.807) is 11.3 Å². The molecule has 0 spiro atoms. The molecule has 0 unspecified atom stereocenters. The molecule has 1 N–H and O–H groups in total. The lowest BCUT2D eigenvalue weighted by molar-refractivity contribution is -0.142. The first kappa shape index (κ1) is 21.0. The topological polar surface area (TPSA) is 67.3 Å². The average Bonchev–Trinajstić information content (AvgIpc) is 3.14. The fourth-order valence-corrected chi connectivity index (χ4v) is 4.95. The molecule has 6 nitrogen and oxygen atoms in total. The Morgan fingerprint density at radius 3 is 2.83 bits per heavy atom. The average molecular weight is 487 g/mol. The van der Waals surface area contributed by atoms with Crippen LogP contribution in [0.3, 0.4) is 0 Å². The van der Waals surface area contributed by atoms with E-state index in [0.717, 1.165) is 46.8 Å². The van der Waals surface area contributed by atoms with Crippen LogP contribution in [0.1, 0.15) is 28.6 Å². The number of anilines is 2. The Kier molecular flexibility index (Phi) is 6.76. The molecule has 3 aromatic rings. The van der Waals surface area contributed by atoms with Crippen molar-refractivity contribution in [1.82, 2.24) is 14.9 Å². The Bertz CT molecular complexity index is 1020. The van der Waals surface area contributed by atoms with Crippen LogP contribution < -0.4 is 5.32 Å². The molecule has 4 rings (SSSR count). The van der Waals surface area contributed by atoms with Crippen molar-refractivity contribution in [3.8, 4) is 0 Å². The van der Waals surface area contributed by atoms with E-state index in [9.17, 15) is 4.79 Å². The summed E-state index contributed by atoms with van der Waals surface area (Å²) in [7, 11) is 0. The Hall–Kier alpha value is -2.29. The third kappa shape index (κ3) is 5.44. The maximum absolute atomic E-state index is 11.6. The molecule has 0 radical (unpaired) electrons. The van der Waals surface area contributed by atoms with Crippen LogP contribution in [0, 0.1) is 0 Å². The normalized spacial score (nSPS) is 13.7. The first-order valence-corrected chi connectivity index (χ1v) is 11.5. The Morgan fingerprint density at radius 2 is 2.10 bits per heavy atom. The van der Waals surface area contributed by atoms with Crippen LogP contribution in [-0.4, -0.2) is 34.0 Å². The molecule has 0 amide bonds. The van der Waals surface area contributed by atoms with Crippen LogP contribution in [-0.2, 0) is 35.5 Å². The number of carbonyl (C=O) groups excluding carboxylic acids is 1. The number of thiophene rings is 1. The zero-order chi connectivity index (χ0) is 20.9. The van der Waals surface area contributed by atoms with Gasteiger partial charge in [0.25, 0.3) is 0 Å². The van der Waals surface area contributed by atoms with Crippen molar-refractivity contribution >= 4 is 44.9 Å². The van der Waals surface area contributed by atoms with Crippen molar-refractivity contribution in [2.24, 2.45) is 0 Å². The predicted octanol–water partition coefficient (Wildman–Crippen LogP) is 4.71. The summed E-state index contributed by atoms with van der Waals surface area (Å²) in [6, 6.07) is 12.0. The molecule has 2 aromatic heterocycles. The van der Waals surface area contributed by atoms with Gasteiger partial charge in [0.05, 0.1) is 22.5 Å². The molecule has 3 heterocycles. The van der Waals surface area contributed by atoms with Gasteiger partial charge in [-0.3, -0.25) is 9.69 Å². The number of hydrogen-bond donors (Lipinski definition) is 1. The van der Waals surface area contributed by atoms with Gasteiger partial charge in [0.15, 0.2) is 0 Å². The third-order valence-electron chi connectivity index (χ3n) is 4.90. The highest BCUT2D eigenvalue weighted by Crippen LogP contribution is 2.26. The van der Waals surface area contributed by atoms with Crippen molar-refractivity contribution < 1.29 is 9.53 Å². The van der Waals surface area contributed by atoms with Gasteiger partial charge in [-0.05, 0) is 64.7 Å². The summed E-state index contributed by atoms with van der Waals surface area (Å²) in [6.45, 7) is 4.98. The van der Waals surface area contributed by atoms with E-state index in [0.29, 0.717) is 12.6 Å². The van der Waals surface area contributed by atoms with Gasteiger partial charge in [0.1, 0.15) is 0 Å². The number of nitrogens with one attached hydrogen (secondary N) is 1. The first-order chi connectivity index (χ1) is 14.6. The standard InChI is InChI=1S/C22H23BrN4O2S/c1-2-29-21(28)11-15-3-5-17(6-4-15)25-22-24-12-16-9-10-27(14-19(16)26-22)13-18-7-8-20(23)30-18/h3-8,12H,2,9-11,13-14H2,1H3,(H,24,25,26). The lowest BCUT2D eigenvalue weighted by Crippen LogP contribution is -2.30. The van der Waals surface area contributed by atoms with Crippen molar-refractivity contribution in [2.75, 3.05) is 18.5 Å². The number of carbonyl (C=O) groups is 1. The van der Waals surface area contributed by atoms with Gasteiger partial charge in [-0.1, -0.05) is 12.1 Å². The molecule has 0 saturated carbocycles. The summed E-state index contributed by atoms with van der Waals surface area (Å²) >= 11 is 5.31. The number of nitrogens with zero attached hydrogens (tertiary/aromatic N) is 3. The van der Waals surface area contributed by atoms with E-state index in [1.807, 2.05) is 37.4 Å². The number of halogens is 1. The summed E-state index contributed by atoms with van der Waals surface area (Å²) in [5.41, 5.74) is 4.10. The molecule has 0 aliphatic carbocycles. The molecular weight excluding hydrogens is 464 g/mol. The smallest absolute Gasteiger partial charge is 0.310 e. The summed E-state index contributed by atoms with van der Waals surface area (Å²) in [5, 5.41) is 3.27. The minimum atomic E-state index is -0.212. The molecule has 1 aromatic carbocycles. The van der Waals surface area contributed by atoms with E-state index < -0.39 is 0 Å². The van der Waals surface area contributed by atoms with E-state index in [-0.39, 0.29) is 12.4 Å². The molecule has 1 aliphatic heterocycles. The monoisotopic (exact) mass is 486 g/mol. The number of hydrogen-bond acceptors (Lipinski definition) is 7. The fourth-order valence-electron chi connectivity index (χ4n) is 3.42. The minimum absolute atomic E-state index is 0.212. The molecule has 0 fully saturated rings. The lowest BCUT2D eigenvalue weighted by atomic mass is 10.1. The van der Waals surface area contributed by atoms with Crippen LogP contribution in [0.5, 0.6) is 0 Å². The summed E-state index contributed by atoms with van der Waals surface area (Å²) in [5.74, 6) is 0.378. The summed E-state index contributed by atoms with van der Waals surface area (Å²) in [6.07, 6.45) is 3.17. The van der Waals surface area contributed by atoms with E-state index >= 15 is 0 Å². The molecule has 0 bridgehead atoms. The van der Waals surface area contributed by atoms with Gasteiger partial charge in [-0.2, -0.15) is 0 Å². The number of benzene rings is 1. The van der Waals surface area contributed by atoms with Crippen molar-refractivity contribution in [1.29, 1.82) is 0 Å². The zero-order valence-corrected chi connectivity index (χ0v) is 19.1. The highest BCUT2D eigenvalue weighted by molar-refractivity contribution is 9.11. The number of aromatic nitrogens is 2. The second-order valence-corrected chi connectivity index (χ2v) is 9.68. The van der Waals surface area contributed by atoms with Gasteiger partial charge in [0.2, 0.25) is 5.95 Å². The van der Waals surface area contributed by atoms with Crippen LogP contribution >= 0.6 is 27.3 Å². The van der Waals surface area contributed by atoms with Crippen molar-refractivity contribution in [3.05, 3.63) is 68.1 Å². The van der Waals surface area contributed by atoms with E-state index in [1.165, 1.54) is 10.4 Å². The van der Waals surface area contributed by atoms with Crippen LogP contribution in [0.25, 0.3) is 0 Å². The molecule has 0 atom stereocenters. The molecule has 8 heteroatoms. The summed E-state index contributed by atoms with van der Waals surface area (Å²) in [4.78, 5) is 24.6. The first-order valence-electron chi connectivity index (χ1n) is 9.92. The van der Waals surface area contributed by atoms with Gasteiger partial charge < -0.3 is 10.1 Å². The molecular formula is C22H23BrN4O2S. The van der Waals surface area contributed by atoms with Crippen molar-refractivity contribution in [2.45, 2.75) is 32.9 Å². The number of ether oxygens (including phenoxy) is 1. The number of fused-ring (bicyclic) bond motifs is 1. The molecule has 30 heavy (non-hydrogen) atoms. The van der Waals surface area contributed by atoms with Gasteiger partial charge in [0, 0.05) is 36.4 Å². The van der Waals surface area contributed by atoms with E-state index in [4.69, 9.17) is 9.72 Å². The van der Waals surface area contributed by atoms with Crippen LogP contribution in [0.15, 0.2) is 46.4 Å². The highest BCUT2D eigenvalue weighted by Gasteiger charge is 2.19. The second kappa shape index (κ2) is 9.68. The Labute approximate surface area is 188 Å².